The number of hydrogen-bond donors (Lipinski definition) is 0. The number of nitrogens with zero attached hydrogens (tertiary/aromatic N) is 1. The van der Waals surface area contributed by atoms with Crippen LogP contribution >= 0.6 is 11.6 Å². The molecule has 0 bridgehead atoms. The Labute approximate surface area is 124 Å². The molecule has 21 heavy (non-hydrogen) atoms. The maximum absolute atomic E-state index is 12.0. The van der Waals surface area contributed by atoms with Gasteiger partial charge in [-0.25, -0.2) is 4.79 Å². The van der Waals surface area contributed by atoms with Crippen molar-refractivity contribution in [1.29, 1.82) is 0 Å². The van der Waals surface area contributed by atoms with E-state index in [1.54, 1.807) is 12.1 Å². The van der Waals surface area contributed by atoms with Gasteiger partial charge in [0.25, 0.3) is 0 Å². The number of ether oxygens (including phenoxy) is 1. The Bertz CT molecular complexity index is 729. The van der Waals surface area contributed by atoms with E-state index in [1.165, 1.54) is 24.3 Å². The number of hydrogen-bond acceptors (Lipinski definition) is 5. The van der Waals surface area contributed by atoms with Crippen molar-refractivity contribution in [2.75, 3.05) is 0 Å². The van der Waals surface area contributed by atoms with Crippen molar-refractivity contribution in [2.24, 2.45) is 0 Å². The number of aldehydes is 1. The summed E-state index contributed by atoms with van der Waals surface area (Å²) in [4.78, 5) is 32.8. The highest BCUT2D eigenvalue weighted by atomic mass is 35.5. The molecule has 0 unspecified atom stereocenters. The van der Waals surface area contributed by atoms with Crippen molar-refractivity contribution < 1.29 is 19.2 Å². The maximum Gasteiger partial charge on any atom is 0.345 e. The summed E-state index contributed by atoms with van der Waals surface area (Å²) >= 11 is 5.85. The molecule has 0 spiro atoms. The van der Waals surface area contributed by atoms with E-state index in [9.17, 15) is 19.7 Å². The molecule has 0 aliphatic rings. The summed E-state index contributed by atoms with van der Waals surface area (Å²) < 4.78 is 4.99. The molecule has 0 heterocycles. The van der Waals surface area contributed by atoms with E-state index in [0.717, 1.165) is 6.07 Å². The highest BCUT2D eigenvalue weighted by molar-refractivity contribution is 6.33. The second kappa shape index (κ2) is 6.15. The van der Waals surface area contributed by atoms with Crippen LogP contribution < -0.4 is 4.74 Å². The molecule has 106 valence electrons. The molecule has 6 nitrogen and oxygen atoms in total. The van der Waals surface area contributed by atoms with Gasteiger partial charge >= 0.3 is 11.7 Å². The van der Waals surface area contributed by atoms with Crippen LogP contribution in [0.3, 0.4) is 0 Å². The van der Waals surface area contributed by atoms with Gasteiger partial charge in [-0.2, -0.15) is 0 Å². The molecule has 0 atom stereocenters. The Morgan fingerprint density at radius 2 is 1.95 bits per heavy atom. The van der Waals surface area contributed by atoms with E-state index in [-0.39, 0.29) is 21.9 Å². The van der Waals surface area contributed by atoms with Crippen LogP contribution in [0, 0.1) is 10.1 Å². The van der Waals surface area contributed by atoms with Crippen LogP contribution in [-0.2, 0) is 0 Å². The first-order valence-corrected chi connectivity index (χ1v) is 6.11. The maximum atomic E-state index is 12.0. The van der Waals surface area contributed by atoms with E-state index >= 15 is 0 Å². The van der Waals surface area contributed by atoms with Crippen LogP contribution in [-0.4, -0.2) is 17.2 Å². The standard InChI is InChI=1S/C14H8ClNO5/c15-11-4-2-1-3-10(11)14(18)21-13-6-5-9(8-17)7-12(13)16(19)20/h1-8H. The summed E-state index contributed by atoms with van der Waals surface area (Å²) in [7, 11) is 0. The average Bonchev–Trinajstić information content (AvgIpc) is 2.47. The zero-order chi connectivity index (χ0) is 15.4. The smallest absolute Gasteiger partial charge is 0.345 e. The third-order valence-electron chi connectivity index (χ3n) is 2.61. The van der Waals surface area contributed by atoms with E-state index in [0.29, 0.717) is 6.29 Å². The molecule has 0 amide bonds. The van der Waals surface area contributed by atoms with Gasteiger partial charge in [0.15, 0.2) is 0 Å². The van der Waals surface area contributed by atoms with Crippen molar-refractivity contribution in [1.82, 2.24) is 0 Å². The van der Waals surface area contributed by atoms with Crippen LogP contribution in [0.2, 0.25) is 5.02 Å². The lowest BCUT2D eigenvalue weighted by Crippen LogP contribution is -2.10. The number of nitro groups is 1. The van der Waals surface area contributed by atoms with E-state index in [1.807, 2.05) is 0 Å². The summed E-state index contributed by atoms with van der Waals surface area (Å²) in [5, 5.41) is 11.1. The van der Waals surface area contributed by atoms with Crippen LogP contribution in [0.5, 0.6) is 5.75 Å². The highest BCUT2D eigenvalue weighted by Gasteiger charge is 2.20. The van der Waals surface area contributed by atoms with Gasteiger partial charge in [-0.3, -0.25) is 14.9 Å². The minimum atomic E-state index is -0.817. The summed E-state index contributed by atoms with van der Waals surface area (Å²) in [6, 6.07) is 9.71. The molecule has 0 fully saturated rings. The number of benzene rings is 2. The van der Waals surface area contributed by atoms with E-state index < -0.39 is 16.6 Å². The fourth-order valence-corrected chi connectivity index (χ4v) is 1.83. The third-order valence-corrected chi connectivity index (χ3v) is 2.94. The van der Waals surface area contributed by atoms with Crippen LogP contribution in [0.15, 0.2) is 42.5 Å². The predicted molar refractivity (Wildman–Crippen MR) is 74.9 cm³/mol. The van der Waals surface area contributed by atoms with Gasteiger partial charge in [0, 0.05) is 11.6 Å². The molecule has 0 saturated heterocycles. The Morgan fingerprint density at radius 1 is 1.24 bits per heavy atom. The van der Waals surface area contributed by atoms with E-state index in [4.69, 9.17) is 16.3 Å². The number of carbonyl (C=O) groups is 2. The topological polar surface area (TPSA) is 86.5 Å². The van der Waals surface area contributed by atoms with Crippen molar-refractivity contribution in [3.8, 4) is 5.75 Å². The van der Waals surface area contributed by atoms with E-state index in [2.05, 4.69) is 0 Å². The Balaban J connectivity index is 2.35. The van der Waals surface area contributed by atoms with Crippen LogP contribution in [0.1, 0.15) is 20.7 Å². The van der Waals surface area contributed by atoms with Gasteiger partial charge in [0.2, 0.25) is 5.75 Å². The number of rotatable bonds is 4. The second-order valence-corrected chi connectivity index (χ2v) is 4.38. The molecule has 0 aliphatic heterocycles. The molecular formula is C14H8ClNO5. The largest absolute Gasteiger partial charge is 0.416 e. The molecule has 0 saturated carbocycles. The monoisotopic (exact) mass is 305 g/mol. The molecular weight excluding hydrogens is 298 g/mol. The Hall–Kier alpha value is -2.73. The quantitative estimate of drug-likeness (QED) is 0.284. The number of esters is 1. The van der Waals surface area contributed by atoms with Crippen molar-refractivity contribution in [2.45, 2.75) is 0 Å². The summed E-state index contributed by atoms with van der Waals surface area (Å²) in [5.74, 6) is -1.07. The van der Waals surface area contributed by atoms with Gasteiger partial charge in [-0.05, 0) is 24.3 Å². The molecule has 7 heteroatoms. The molecule has 0 N–H and O–H groups in total. The van der Waals surface area contributed by atoms with Crippen molar-refractivity contribution in [3.63, 3.8) is 0 Å². The highest BCUT2D eigenvalue weighted by Crippen LogP contribution is 2.29. The number of halogens is 1. The van der Waals surface area contributed by atoms with Crippen molar-refractivity contribution >= 4 is 29.5 Å². The summed E-state index contributed by atoms with van der Waals surface area (Å²) in [6.07, 6.45) is 0.465. The van der Waals surface area contributed by atoms with Crippen LogP contribution in [0.4, 0.5) is 5.69 Å². The molecule has 2 aromatic rings. The normalized spacial score (nSPS) is 9.95. The number of nitro benzene ring substituents is 1. The molecule has 0 aliphatic carbocycles. The van der Waals surface area contributed by atoms with Gasteiger partial charge < -0.3 is 4.74 Å². The van der Waals surface area contributed by atoms with Gasteiger partial charge in [0.1, 0.15) is 6.29 Å². The second-order valence-electron chi connectivity index (χ2n) is 3.97. The fraction of sp³-hybridized carbons (Fsp3) is 0. The minimum Gasteiger partial charge on any atom is -0.416 e. The van der Waals surface area contributed by atoms with Crippen LogP contribution in [0.25, 0.3) is 0 Å². The fourth-order valence-electron chi connectivity index (χ4n) is 1.62. The lowest BCUT2D eigenvalue weighted by atomic mass is 10.2. The SMILES string of the molecule is O=Cc1ccc(OC(=O)c2ccccc2Cl)c([N+](=O)[O-])c1. The molecule has 0 radical (unpaired) electrons. The van der Waals surface area contributed by atoms with Gasteiger partial charge in [0.05, 0.1) is 15.5 Å². The lowest BCUT2D eigenvalue weighted by molar-refractivity contribution is -0.385. The zero-order valence-electron chi connectivity index (χ0n) is 10.5. The first-order valence-electron chi connectivity index (χ1n) is 5.73. The number of carbonyl (C=O) groups excluding carboxylic acids is 2. The lowest BCUT2D eigenvalue weighted by Gasteiger charge is -2.06. The summed E-state index contributed by atoms with van der Waals surface area (Å²) in [5.41, 5.74) is -0.271. The molecule has 2 rings (SSSR count). The zero-order valence-corrected chi connectivity index (χ0v) is 11.2. The average molecular weight is 306 g/mol. The Morgan fingerprint density at radius 3 is 2.57 bits per heavy atom. The predicted octanol–water partition coefficient (Wildman–Crippen LogP) is 3.28. The summed E-state index contributed by atoms with van der Waals surface area (Å²) in [6.45, 7) is 0. The van der Waals surface area contributed by atoms with Gasteiger partial charge in [-0.15, -0.1) is 0 Å². The van der Waals surface area contributed by atoms with Crippen molar-refractivity contribution in [3.05, 3.63) is 68.7 Å². The third kappa shape index (κ3) is 3.24. The molecule has 2 aromatic carbocycles. The first-order chi connectivity index (χ1) is 10.0. The van der Waals surface area contributed by atoms with Gasteiger partial charge in [-0.1, -0.05) is 23.7 Å². The Kier molecular flexibility index (Phi) is 4.30. The minimum absolute atomic E-state index is 0.0907. The molecule has 0 aromatic heterocycles. The first kappa shape index (κ1) is 14.7.